The van der Waals surface area contributed by atoms with E-state index in [1.807, 2.05) is 12.1 Å². The van der Waals surface area contributed by atoms with E-state index in [-0.39, 0.29) is 18.0 Å². The van der Waals surface area contributed by atoms with Gasteiger partial charge in [-0.15, -0.1) is 0 Å². The number of allylic oxidation sites excluding steroid dienone is 1. The lowest BCUT2D eigenvalue weighted by Crippen LogP contribution is -2.08. The number of ketones is 1. The Morgan fingerprint density at radius 2 is 1.70 bits per heavy atom. The van der Waals surface area contributed by atoms with E-state index in [2.05, 4.69) is 42.8 Å². The van der Waals surface area contributed by atoms with Crippen molar-refractivity contribution < 1.29 is 9.18 Å². The first-order valence-electron chi connectivity index (χ1n) is 9.05. The lowest BCUT2D eigenvalue weighted by molar-refractivity contribution is -0.115. The Labute approximate surface area is 159 Å². The third-order valence-corrected chi connectivity index (χ3v) is 4.55. The second kappa shape index (κ2) is 8.54. The highest BCUT2D eigenvalue weighted by Crippen LogP contribution is 2.19. The zero-order valence-electron chi connectivity index (χ0n) is 15.4. The van der Waals surface area contributed by atoms with Crippen molar-refractivity contribution in [1.82, 2.24) is 4.98 Å². The van der Waals surface area contributed by atoms with Gasteiger partial charge in [-0.05, 0) is 46.9 Å². The summed E-state index contributed by atoms with van der Waals surface area (Å²) in [6, 6.07) is 18.4. The van der Waals surface area contributed by atoms with Crippen LogP contribution in [0.2, 0.25) is 0 Å². The molecule has 0 unspecified atom stereocenters. The molecule has 0 aliphatic rings. The maximum absolute atomic E-state index is 13.3. The summed E-state index contributed by atoms with van der Waals surface area (Å²) in [5.74, 6) is -0.361. The van der Waals surface area contributed by atoms with Crippen molar-refractivity contribution in [3.05, 3.63) is 102 Å². The third-order valence-electron chi connectivity index (χ3n) is 4.55. The van der Waals surface area contributed by atoms with Gasteiger partial charge in [-0.25, -0.2) is 4.39 Å². The number of carbonyl (C=O) groups excluding carboxylic acids is 1. The van der Waals surface area contributed by atoms with Crippen molar-refractivity contribution in [2.45, 2.75) is 26.2 Å². The first kappa shape index (κ1) is 18.7. The fourth-order valence-electron chi connectivity index (χ4n) is 2.91. The summed E-state index contributed by atoms with van der Waals surface area (Å²) >= 11 is 0. The van der Waals surface area contributed by atoms with Crippen molar-refractivity contribution in [2.75, 3.05) is 0 Å². The van der Waals surface area contributed by atoms with Crippen LogP contribution in [-0.2, 0) is 24.1 Å². The van der Waals surface area contributed by atoms with Crippen molar-refractivity contribution in [3.63, 3.8) is 0 Å². The molecule has 2 nitrogen and oxygen atoms in total. The van der Waals surface area contributed by atoms with Crippen molar-refractivity contribution in [2.24, 2.45) is 0 Å². The zero-order valence-corrected chi connectivity index (χ0v) is 15.4. The Morgan fingerprint density at radius 1 is 0.963 bits per heavy atom. The molecule has 2 aromatic carbocycles. The van der Waals surface area contributed by atoms with Crippen LogP contribution < -0.4 is 0 Å². The largest absolute Gasteiger partial charge is 0.294 e. The number of pyridine rings is 1. The molecule has 0 saturated heterocycles. The fraction of sp³-hybridized carbons (Fsp3) is 0.167. The molecule has 0 atom stereocenters. The molecule has 0 N–H and O–H groups in total. The highest BCUT2D eigenvalue weighted by atomic mass is 19.1. The van der Waals surface area contributed by atoms with Crippen LogP contribution in [0.4, 0.5) is 4.39 Å². The Kier molecular flexibility index (Phi) is 5.92. The summed E-state index contributed by atoms with van der Waals surface area (Å²) in [6.07, 6.45) is 3.34. The maximum atomic E-state index is 13.3. The molecular formula is C24H22FNO. The van der Waals surface area contributed by atoms with Crippen LogP contribution in [0.3, 0.4) is 0 Å². The van der Waals surface area contributed by atoms with Crippen LogP contribution >= 0.6 is 0 Å². The number of hydrogen-bond donors (Lipinski definition) is 0. The van der Waals surface area contributed by atoms with Crippen molar-refractivity contribution in [3.8, 4) is 11.3 Å². The summed E-state index contributed by atoms with van der Waals surface area (Å²) in [5, 5.41) is 0. The smallest absolute Gasteiger partial charge is 0.163 e. The minimum absolute atomic E-state index is 0.0545. The average molecular weight is 359 g/mol. The molecule has 1 heterocycles. The number of Topliss-reactive ketones (excluding diaryl/α,β-unsaturated/α-hetero) is 1. The maximum Gasteiger partial charge on any atom is 0.163 e. The van der Waals surface area contributed by atoms with Gasteiger partial charge in [0.05, 0.1) is 5.69 Å². The van der Waals surface area contributed by atoms with E-state index in [0.29, 0.717) is 12.0 Å². The second-order valence-corrected chi connectivity index (χ2v) is 6.61. The molecule has 0 aliphatic heterocycles. The minimum Gasteiger partial charge on any atom is -0.294 e. The molecular weight excluding hydrogens is 337 g/mol. The highest BCUT2D eigenvalue weighted by Gasteiger charge is 2.10. The fourth-order valence-corrected chi connectivity index (χ4v) is 2.91. The van der Waals surface area contributed by atoms with Crippen LogP contribution in [0.1, 0.15) is 23.6 Å². The standard InChI is InChI=1S/C24H22FNO/c1-3-18-7-10-21(11-8-18)23-12-9-20(16-26-23)15-24(27)17(2)13-19-5-4-6-22(25)14-19/h4-12,14,16H,2-3,13,15H2,1H3. The van der Waals surface area contributed by atoms with Gasteiger partial charge in [0.2, 0.25) is 0 Å². The molecule has 3 aromatic rings. The zero-order chi connectivity index (χ0) is 19.2. The van der Waals surface area contributed by atoms with E-state index in [1.54, 1.807) is 18.3 Å². The predicted octanol–water partition coefficient (Wildman–Crippen LogP) is 5.36. The van der Waals surface area contributed by atoms with Gasteiger partial charge in [-0.2, -0.15) is 0 Å². The van der Waals surface area contributed by atoms with Gasteiger partial charge in [-0.1, -0.05) is 56.0 Å². The van der Waals surface area contributed by atoms with Gasteiger partial charge in [0, 0.05) is 24.6 Å². The number of aryl methyl sites for hydroxylation is 1. The Morgan fingerprint density at radius 3 is 2.33 bits per heavy atom. The van der Waals surface area contributed by atoms with Gasteiger partial charge in [-0.3, -0.25) is 9.78 Å². The monoisotopic (exact) mass is 359 g/mol. The predicted molar refractivity (Wildman–Crippen MR) is 107 cm³/mol. The van der Waals surface area contributed by atoms with Crippen LogP contribution in [0.5, 0.6) is 0 Å². The quantitative estimate of drug-likeness (QED) is 0.532. The number of benzene rings is 2. The molecule has 3 heteroatoms. The van der Waals surface area contributed by atoms with Crippen molar-refractivity contribution >= 4 is 5.78 Å². The topological polar surface area (TPSA) is 30.0 Å². The average Bonchev–Trinajstić information content (AvgIpc) is 2.68. The lowest BCUT2D eigenvalue weighted by atomic mass is 9.99. The molecule has 27 heavy (non-hydrogen) atoms. The summed E-state index contributed by atoms with van der Waals surface area (Å²) in [7, 11) is 0. The summed E-state index contributed by atoms with van der Waals surface area (Å²) < 4.78 is 13.3. The first-order chi connectivity index (χ1) is 13.0. The van der Waals surface area contributed by atoms with E-state index in [4.69, 9.17) is 0 Å². The molecule has 1 aromatic heterocycles. The van der Waals surface area contributed by atoms with Gasteiger partial charge in [0.1, 0.15) is 5.82 Å². The van der Waals surface area contributed by atoms with Crippen LogP contribution in [0.15, 0.2) is 79.0 Å². The highest BCUT2D eigenvalue weighted by molar-refractivity contribution is 5.96. The number of nitrogens with zero attached hydrogens (tertiary/aromatic N) is 1. The summed E-state index contributed by atoms with van der Waals surface area (Å²) in [5.41, 5.74) is 5.29. The Balaban J connectivity index is 1.63. The number of carbonyl (C=O) groups is 1. The molecule has 0 saturated carbocycles. The SMILES string of the molecule is C=C(Cc1cccc(F)c1)C(=O)Cc1ccc(-c2ccc(CC)cc2)nc1. The Bertz CT molecular complexity index is 943. The van der Waals surface area contributed by atoms with Gasteiger partial charge in [0.25, 0.3) is 0 Å². The number of halogens is 1. The van der Waals surface area contributed by atoms with Crippen LogP contribution in [-0.4, -0.2) is 10.8 Å². The lowest BCUT2D eigenvalue weighted by Gasteiger charge is -2.07. The Hall–Kier alpha value is -3.07. The minimum atomic E-state index is -0.306. The van der Waals surface area contributed by atoms with E-state index < -0.39 is 0 Å². The second-order valence-electron chi connectivity index (χ2n) is 6.61. The molecule has 0 aliphatic carbocycles. The van der Waals surface area contributed by atoms with Crippen molar-refractivity contribution in [1.29, 1.82) is 0 Å². The number of aromatic nitrogens is 1. The normalized spacial score (nSPS) is 10.6. The third kappa shape index (κ3) is 4.98. The van der Waals surface area contributed by atoms with E-state index in [1.165, 1.54) is 17.7 Å². The van der Waals surface area contributed by atoms with Crippen LogP contribution in [0, 0.1) is 5.82 Å². The number of hydrogen-bond acceptors (Lipinski definition) is 2. The van der Waals surface area contributed by atoms with Gasteiger partial charge >= 0.3 is 0 Å². The van der Waals surface area contributed by atoms with Gasteiger partial charge in [0.15, 0.2) is 5.78 Å². The van der Waals surface area contributed by atoms with Gasteiger partial charge < -0.3 is 0 Å². The molecule has 0 bridgehead atoms. The molecule has 136 valence electrons. The molecule has 0 spiro atoms. The first-order valence-corrected chi connectivity index (χ1v) is 9.05. The van der Waals surface area contributed by atoms with E-state index in [0.717, 1.165) is 28.8 Å². The summed E-state index contributed by atoms with van der Waals surface area (Å²) in [6.45, 7) is 5.99. The van der Waals surface area contributed by atoms with E-state index in [9.17, 15) is 9.18 Å². The molecule has 3 rings (SSSR count). The molecule has 0 amide bonds. The summed E-state index contributed by atoms with van der Waals surface area (Å²) in [4.78, 5) is 16.9. The van der Waals surface area contributed by atoms with E-state index >= 15 is 0 Å². The molecule has 0 fully saturated rings. The number of rotatable bonds is 7. The molecule has 0 radical (unpaired) electrons. The van der Waals surface area contributed by atoms with Crippen LogP contribution in [0.25, 0.3) is 11.3 Å².